The van der Waals surface area contributed by atoms with Gasteiger partial charge < -0.3 is 69.3 Å². The standard InChI is InChI=1S/C122H232O21/c1-6-11-16-21-26-31-36-41-46-51-56-61-66-71-76-81-86-91-96-101-110(126)137-118(108-125)119(133,138-111(127)102-97-92-87-82-77-72-67-62-57-52-47-42-37-32-27-22-17-12-7-2)120(134,139-112(128)103-98-93-88-83-78-73-68-63-58-53-48-43-38-33-28-23-18-13-8-3)121(135,140-113(129)104-99-94-89-84-79-74-69-64-59-54-49-44-39-34-29-24-19-14-9-4)122(143-118,142-117(107-124)116(132)115(131)109(106-123)136-117)141-114(130)105-100-95-90-85-80-75-70-65-60-55-50-45-40-35-30-25-20-15-10-5/h109,115-116,123-125,131-135H,6-108H2,1-5H3/t109-,115-,116+,117?,118-,119+,120-,121+,122+/m1/s1. The number of unbranched alkanes of at least 4 members (excludes halogenated alkanes) is 90. The fourth-order valence-electron chi connectivity index (χ4n) is 21.2. The number of ether oxygens (including phenoxy) is 8. The highest BCUT2D eigenvalue weighted by Crippen LogP contribution is 2.59. The van der Waals surface area contributed by atoms with E-state index in [0.29, 0.717) is 64.2 Å². The van der Waals surface area contributed by atoms with Crippen LogP contribution in [-0.4, -0.2) is 144 Å². The Kier molecular flexibility index (Phi) is 89.1. The van der Waals surface area contributed by atoms with E-state index in [1.165, 1.54) is 353 Å². The Morgan fingerprint density at radius 2 is 0.385 bits per heavy atom. The maximum absolute atomic E-state index is 15.4. The molecule has 2 fully saturated rings. The highest BCUT2D eigenvalue weighted by molar-refractivity contribution is 5.74. The highest BCUT2D eigenvalue weighted by Gasteiger charge is 2.94. The molecule has 1 unspecified atom stereocenters. The van der Waals surface area contributed by atoms with Gasteiger partial charge in [0, 0.05) is 32.1 Å². The largest absolute Gasteiger partial charge is 0.423 e. The summed E-state index contributed by atoms with van der Waals surface area (Å²) in [6, 6.07) is 0. The number of esters is 5. The molecule has 2 rings (SSSR count). The van der Waals surface area contributed by atoms with Gasteiger partial charge in [-0.05, 0) is 32.1 Å². The molecule has 2 aliphatic rings. The molecule has 2 saturated heterocycles. The van der Waals surface area contributed by atoms with Gasteiger partial charge in [0.05, 0.1) is 6.61 Å². The fourth-order valence-corrected chi connectivity index (χ4v) is 21.2. The summed E-state index contributed by atoms with van der Waals surface area (Å²) in [5.74, 6) is -32.6. The Labute approximate surface area is 877 Å². The van der Waals surface area contributed by atoms with Crippen LogP contribution in [0.2, 0.25) is 0 Å². The third kappa shape index (κ3) is 63.9. The molecule has 21 nitrogen and oxygen atoms in total. The lowest BCUT2D eigenvalue weighted by Crippen LogP contribution is -2.92. The van der Waals surface area contributed by atoms with Crippen LogP contribution in [0.3, 0.4) is 0 Å². The molecule has 0 amide bonds. The van der Waals surface area contributed by atoms with E-state index in [9.17, 15) is 40.9 Å². The minimum atomic E-state index is -4.73. The summed E-state index contributed by atoms with van der Waals surface area (Å²) < 4.78 is 49.7. The van der Waals surface area contributed by atoms with E-state index in [2.05, 4.69) is 34.6 Å². The zero-order valence-corrected chi connectivity index (χ0v) is 93.9. The van der Waals surface area contributed by atoms with E-state index < -0.39 is 135 Å². The zero-order valence-electron chi connectivity index (χ0n) is 93.9. The minimum Gasteiger partial charge on any atom is -0.423 e. The lowest BCUT2D eigenvalue weighted by Gasteiger charge is -2.62. The fraction of sp³-hybridized carbons (Fsp3) is 0.959. The van der Waals surface area contributed by atoms with Crippen LogP contribution in [0.5, 0.6) is 0 Å². The molecule has 0 aliphatic carbocycles. The summed E-state index contributed by atoms with van der Waals surface area (Å²) in [5.41, 5.74) is 0. The number of hydrogen-bond donors (Lipinski definition) is 8. The van der Waals surface area contributed by atoms with Crippen LogP contribution < -0.4 is 0 Å². The van der Waals surface area contributed by atoms with Gasteiger partial charge in [0.1, 0.15) is 31.5 Å². The van der Waals surface area contributed by atoms with Crippen molar-refractivity contribution in [2.24, 2.45) is 0 Å². The van der Waals surface area contributed by atoms with Crippen molar-refractivity contribution in [3.63, 3.8) is 0 Å². The predicted octanol–water partition coefficient (Wildman–Crippen LogP) is 33.1. The lowest BCUT2D eigenvalue weighted by molar-refractivity contribution is -0.648. The highest BCUT2D eigenvalue weighted by atomic mass is 17.0. The second-order valence-corrected chi connectivity index (χ2v) is 44.3. The molecule has 2 aliphatic heterocycles. The molecular formula is C122H232O21. The second-order valence-electron chi connectivity index (χ2n) is 44.3. The molecule has 0 spiro atoms. The van der Waals surface area contributed by atoms with Crippen molar-refractivity contribution >= 4 is 29.8 Å². The first-order chi connectivity index (χ1) is 69.8. The van der Waals surface area contributed by atoms with Crippen LogP contribution >= 0.6 is 0 Å². The molecule has 0 aromatic heterocycles. The lowest BCUT2D eigenvalue weighted by atomic mass is 9.82. The monoisotopic (exact) mass is 2030 g/mol. The summed E-state index contributed by atoms with van der Waals surface area (Å²) in [6.07, 6.45) is 93.2. The van der Waals surface area contributed by atoms with Gasteiger partial charge in [0.2, 0.25) is 5.79 Å². The van der Waals surface area contributed by atoms with Crippen molar-refractivity contribution < 1.29 is 103 Å². The molecule has 2 heterocycles. The summed E-state index contributed by atoms with van der Waals surface area (Å²) in [7, 11) is 0. The van der Waals surface area contributed by atoms with E-state index in [1.807, 2.05) is 0 Å². The number of hydrogen-bond acceptors (Lipinski definition) is 21. The van der Waals surface area contributed by atoms with Gasteiger partial charge in [0.15, 0.2) is 0 Å². The first kappa shape index (κ1) is 136. The Bertz CT molecular complexity index is 2870. The Balaban J connectivity index is 2.78. The van der Waals surface area contributed by atoms with Crippen molar-refractivity contribution in [1.29, 1.82) is 0 Å². The molecule has 0 radical (unpaired) electrons. The molecule has 0 bridgehead atoms. The Hall–Kier alpha value is -3.09. The third-order valence-corrected chi connectivity index (χ3v) is 30.8. The topological polar surface area (TPSA) is 321 Å². The third-order valence-electron chi connectivity index (χ3n) is 30.8. The van der Waals surface area contributed by atoms with E-state index >= 15 is 24.0 Å². The van der Waals surface area contributed by atoms with Gasteiger partial charge in [-0.25, -0.2) is 0 Å². The molecule has 846 valence electrons. The van der Waals surface area contributed by atoms with Crippen LogP contribution in [0.1, 0.15) is 677 Å². The van der Waals surface area contributed by atoms with Crippen LogP contribution in [-0.2, 0) is 61.9 Å². The normalized spacial score (nSPS) is 20.6. The molecule has 9 atom stereocenters. The van der Waals surface area contributed by atoms with Gasteiger partial charge in [-0.1, -0.05) is 612 Å². The quantitative estimate of drug-likeness (QED) is 0.0121. The van der Waals surface area contributed by atoms with E-state index in [0.717, 1.165) is 161 Å². The first-order valence-electron chi connectivity index (χ1n) is 62.3. The van der Waals surface area contributed by atoms with Gasteiger partial charge in [-0.3, -0.25) is 33.4 Å². The number of aliphatic hydroxyl groups is 8. The van der Waals surface area contributed by atoms with Gasteiger partial charge in [-0.2, -0.15) is 0 Å². The first-order valence-corrected chi connectivity index (χ1v) is 62.3. The Morgan fingerprint density at radius 3 is 0.559 bits per heavy atom. The smallest absolute Gasteiger partial charge is 0.412 e. The maximum Gasteiger partial charge on any atom is 0.412 e. The predicted molar refractivity (Wildman–Crippen MR) is 584 cm³/mol. The van der Waals surface area contributed by atoms with Crippen LogP contribution in [0.25, 0.3) is 0 Å². The number of rotatable bonds is 110. The molecule has 0 saturated carbocycles. The van der Waals surface area contributed by atoms with Crippen molar-refractivity contribution in [1.82, 2.24) is 0 Å². The number of carbonyl (C=O) groups excluding carboxylic acids is 5. The van der Waals surface area contributed by atoms with Crippen molar-refractivity contribution in [2.75, 3.05) is 19.8 Å². The molecule has 8 N–H and O–H groups in total. The summed E-state index contributed by atoms with van der Waals surface area (Å²) in [4.78, 5) is 76.4. The van der Waals surface area contributed by atoms with E-state index in [4.69, 9.17) is 37.9 Å². The molecular weight excluding hydrogens is 1800 g/mol. The molecule has 0 aromatic carbocycles. The molecule has 0 aromatic rings. The van der Waals surface area contributed by atoms with Crippen LogP contribution in [0, 0.1) is 0 Å². The zero-order chi connectivity index (χ0) is 104. The molecule has 143 heavy (non-hydrogen) atoms. The van der Waals surface area contributed by atoms with Crippen molar-refractivity contribution in [3.8, 4) is 0 Å². The minimum absolute atomic E-state index is 0.0717. The van der Waals surface area contributed by atoms with Gasteiger partial charge >= 0.3 is 59.0 Å². The summed E-state index contributed by atoms with van der Waals surface area (Å²) >= 11 is 0. The average molecular weight is 2040 g/mol. The second kappa shape index (κ2) is 93.7. The Morgan fingerprint density at radius 1 is 0.217 bits per heavy atom. The van der Waals surface area contributed by atoms with Crippen molar-refractivity contribution in [2.45, 2.75) is 730 Å². The number of aliphatic hydroxyl groups excluding tert-OH is 5. The van der Waals surface area contributed by atoms with Crippen LogP contribution in [0.4, 0.5) is 0 Å². The van der Waals surface area contributed by atoms with Gasteiger partial charge in [-0.15, -0.1) is 0 Å². The van der Waals surface area contributed by atoms with Crippen molar-refractivity contribution in [3.05, 3.63) is 0 Å². The maximum atomic E-state index is 15.4. The number of carbonyl (C=O) groups is 5. The SMILES string of the molecule is CCCCCCCCCCCCCCCCCCCCCC(=O)O[C@]1(CO)O[C@@](OC(=O)CCCCCCCCCCCCCCCCCCCCC)(OC2(CO)O[C@H](CO)[C@@H](O)[C@@H]2O)[C@@](O)(OC(=O)CCCCCCCCCCCCCCCCCCCCC)[C@](O)(OC(=O)CCCCCCCCCCCCCCCCCCCCC)[C@@]1(O)OC(=O)CCCCCCCCCCCCCCCCCCCCC. The summed E-state index contributed by atoms with van der Waals surface area (Å²) in [6.45, 7) is 6.66. The van der Waals surface area contributed by atoms with E-state index in [1.54, 1.807) is 0 Å². The summed E-state index contributed by atoms with van der Waals surface area (Å²) in [5, 5.41) is 102. The van der Waals surface area contributed by atoms with Gasteiger partial charge in [0.25, 0.3) is 0 Å². The average Bonchev–Trinajstić information content (AvgIpc) is 0.877. The molecule has 21 heteroatoms. The van der Waals surface area contributed by atoms with E-state index in [-0.39, 0.29) is 32.1 Å². The van der Waals surface area contributed by atoms with Crippen LogP contribution in [0.15, 0.2) is 0 Å².